The number of hydrogen-bond donors (Lipinski definition) is 2. The first-order chi connectivity index (χ1) is 6.89. The van der Waals surface area contributed by atoms with Gasteiger partial charge in [0, 0.05) is 13.2 Å². The molecule has 0 radical (unpaired) electrons. The van der Waals surface area contributed by atoms with Crippen molar-refractivity contribution < 1.29 is 9.84 Å². The number of rotatable bonds is 8. The van der Waals surface area contributed by atoms with Crippen LogP contribution >= 0.6 is 0 Å². The average Bonchev–Trinajstić information content (AvgIpc) is 2.24. The van der Waals surface area contributed by atoms with E-state index in [4.69, 9.17) is 10.5 Å². The molecule has 1 atom stereocenters. The molecule has 0 aromatic rings. The Morgan fingerprint density at radius 3 is 2.20 bits per heavy atom. The number of aliphatic hydroxyl groups is 1. The minimum atomic E-state index is -0.695. The third-order valence-electron chi connectivity index (χ3n) is 3.17. The van der Waals surface area contributed by atoms with Crippen LogP contribution in [0.4, 0.5) is 0 Å². The van der Waals surface area contributed by atoms with Crippen molar-refractivity contribution in [1.82, 2.24) is 0 Å². The van der Waals surface area contributed by atoms with Crippen LogP contribution in [0.2, 0.25) is 0 Å². The highest BCUT2D eigenvalue weighted by atomic mass is 16.5. The van der Waals surface area contributed by atoms with E-state index in [1.807, 2.05) is 6.92 Å². The van der Waals surface area contributed by atoms with Crippen molar-refractivity contribution in [2.45, 2.75) is 64.6 Å². The third-order valence-corrected chi connectivity index (χ3v) is 3.17. The Morgan fingerprint density at radius 2 is 1.80 bits per heavy atom. The molecule has 1 unspecified atom stereocenters. The van der Waals surface area contributed by atoms with Crippen molar-refractivity contribution in [2.75, 3.05) is 13.2 Å². The Morgan fingerprint density at radius 1 is 1.20 bits per heavy atom. The van der Waals surface area contributed by atoms with E-state index in [9.17, 15) is 5.11 Å². The van der Waals surface area contributed by atoms with Crippen molar-refractivity contribution in [3.05, 3.63) is 0 Å². The molecule has 0 bridgehead atoms. The van der Waals surface area contributed by atoms with Gasteiger partial charge in [-0.3, -0.25) is 0 Å². The minimum absolute atomic E-state index is 0.0486. The fourth-order valence-electron chi connectivity index (χ4n) is 1.27. The van der Waals surface area contributed by atoms with Gasteiger partial charge in [0.2, 0.25) is 0 Å². The summed E-state index contributed by atoms with van der Waals surface area (Å²) in [7, 11) is 0. The van der Waals surface area contributed by atoms with Gasteiger partial charge in [-0.15, -0.1) is 0 Å². The maximum atomic E-state index is 9.93. The van der Waals surface area contributed by atoms with E-state index < -0.39 is 5.60 Å². The zero-order valence-electron chi connectivity index (χ0n) is 10.7. The molecular weight excluding hydrogens is 190 g/mol. The van der Waals surface area contributed by atoms with Crippen LogP contribution in [-0.2, 0) is 4.74 Å². The van der Waals surface area contributed by atoms with Gasteiger partial charge in [-0.2, -0.15) is 0 Å². The summed E-state index contributed by atoms with van der Waals surface area (Å²) in [5.74, 6) is 0. The maximum absolute atomic E-state index is 9.93. The van der Waals surface area contributed by atoms with E-state index in [2.05, 4.69) is 20.8 Å². The first kappa shape index (κ1) is 14.9. The zero-order chi connectivity index (χ0) is 11.9. The largest absolute Gasteiger partial charge is 0.389 e. The summed E-state index contributed by atoms with van der Waals surface area (Å²) in [5, 5.41) is 9.93. The SMILES string of the molecule is CCC(O)(CN)CCCOC(C)(C)CC. The number of hydrogen-bond acceptors (Lipinski definition) is 3. The van der Waals surface area contributed by atoms with Crippen LogP contribution in [0.5, 0.6) is 0 Å². The molecule has 0 amide bonds. The topological polar surface area (TPSA) is 55.5 Å². The summed E-state index contributed by atoms with van der Waals surface area (Å²) in [6, 6.07) is 0. The van der Waals surface area contributed by atoms with Gasteiger partial charge in [0.25, 0.3) is 0 Å². The lowest BCUT2D eigenvalue weighted by Crippen LogP contribution is -2.37. The monoisotopic (exact) mass is 217 g/mol. The van der Waals surface area contributed by atoms with E-state index in [-0.39, 0.29) is 5.60 Å². The van der Waals surface area contributed by atoms with Gasteiger partial charge in [0.05, 0.1) is 11.2 Å². The van der Waals surface area contributed by atoms with Crippen molar-refractivity contribution in [3.8, 4) is 0 Å². The van der Waals surface area contributed by atoms with E-state index in [0.717, 1.165) is 19.3 Å². The quantitative estimate of drug-likeness (QED) is 0.612. The summed E-state index contributed by atoms with van der Waals surface area (Å²) in [6.45, 7) is 9.28. The first-order valence-corrected chi connectivity index (χ1v) is 5.95. The molecule has 3 heteroatoms. The molecule has 0 heterocycles. The first-order valence-electron chi connectivity index (χ1n) is 5.95. The lowest BCUT2D eigenvalue weighted by molar-refractivity contribution is -0.0339. The molecule has 3 nitrogen and oxygen atoms in total. The van der Waals surface area contributed by atoms with Crippen LogP contribution in [0.3, 0.4) is 0 Å². The fourth-order valence-corrected chi connectivity index (χ4v) is 1.27. The smallest absolute Gasteiger partial charge is 0.0767 e. The van der Waals surface area contributed by atoms with E-state index >= 15 is 0 Å². The molecule has 0 aliphatic heterocycles. The van der Waals surface area contributed by atoms with Crippen LogP contribution in [0.1, 0.15) is 53.4 Å². The second-order valence-electron chi connectivity index (χ2n) is 4.85. The molecule has 0 fully saturated rings. The van der Waals surface area contributed by atoms with Crippen LogP contribution in [0.15, 0.2) is 0 Å². The van der Waals surface area contributed by atoms with Crippen molar-refractivity contribution in [1.29, 1.82) is 0 Å². The molecule has 0 spiro atoms. The predicted molar refractivity (Wildman–Crippen MR) is 63.9 cm³/mol. The fraction of sp³-hybridized carbons (Fsp3) is 1.00. The molecule has 0 aromatic carbocycles. The lowest BCUT2D eigenvalue weighted by Gasteiger charge is -2.27. The zero-order valence-corrected chi connectivity index (χ0v) is 10.7. The van der Waals surface area contributed by atoms with Gasteiger partial charge in [-0.1, -0.05) is 13.8 Å². The molecule has 0 aromatic heterocycles. The maximum Gasteiger partial charge on any atom is 0.0767 e. The van der Waals surface area contributed by atoms with Crippen molar-refractivity contribution >= 4 is 0 Å². The molecule has 0 saturated carbocycles. The van der Waals surface area contributed by atoms with Crippen LogP contribution in [0, 0.1) is 0 Å². The van der Waals surface area contributed by atoms with Crippen LogP contribution < -0.4 is 5.73 Å². The molecule has 0 rings (SSSR count). The normalized spacial score (nSPS) is 16.4. The van der Waals surface area contributed by atoms with E-state index in [1.165, 1.54) is 0 Å². The van der Waals surface area contributed by atoms with Crippen molar-refractivity contribution in [3.63, 3.8) is 0 Å². The number of nitrogens with two attached hydrogens (primary N) is 1. The second-order valence-corrected chi connectivity index (χ2v) is 4.85. The molecule has 0 aliphatic carbocycles. The lowest BCUT2D eigenvalue weighted by atomic mass is 9.95. The van der Waals surface area contributed by atoms with Gasteiger partial charge in [0.15, 0.2) is 0 Å². The van der Waals surface area contributed by atoms with Gasteiger partial charge >= 0.3 is 0 Å². The summed E-state index contributed by atoms with van der Waals surface area (Å²) >= 11 is 0. The highest BCUT2D eigenvalue weighted by Crippen LogP contribution is 2.18. The van der Waals surface area contributed by atoms with Crippen LogP contribution in [-0.4, -0.2) is 29.5 Å². The standard InChI is InChI=1S/C12H27NO2/c1-5-11(3,4)15-9-7-8-12(14,6-2)10-13/h14H,5-10,13H2,1-4H3. The second kappa shape index (κ2) is 6.46. The highest BCUT2D eigenvalue weighted by Gasteiger charge is 2.22. The Hall–Kier alpha value is -0.120. The molecule has 0 aliphatic rings. The van der Waals surface area contributed by atoms with Gasteiger partial charge in [-0.05, 0) is 39.5 Å². The van der Waals surface area contributed by atoms with E-state index in [0.29, 0.717) is 19.6 Å². The van der Waals surface area contributed by atoms with Crippen LogP contribution in [0.25, 0.3) is 0 Å². The Bertz CT molecular complexity index is 165. The molecule has 0 saturated heterocycles. The summed E-state index contributed by atoms with van der Waals surface area (Å²) in [5.41, 5.74) is 4.78. The molecule has 3 N–H and O–H groups in total. The third kappa shape index (κ3) is 6.13. The Balaban J connectivity index is 3.71. The van der Waals surface area contributed by atoms with Gasteiger partial charge in [-0.25, -0.2) is 0 Å². The molecule has 92 valence electrons. The Labute approximate surface area is 94.0 Å². The van der Waals surface area contributed by atoms with Crippen molar-refractivity contribution in [2.24, 2.45) is 5.73 Å². The minimum Gasteiger partial charge on any atom is -0.389 e. The Kier molecular flexibility index (Phi) is 6.41. The molecule has 15 heavy (non-hydrogen) atoms. The van der Waals surface area contributed by atoms with Gasteiger partial charge < -0.3 is 15.6 Å². The van der Waals surface area contributed by atoms with Gasteiger partial charge in [0.1, 0.15) is 0 Å². The summed E-state index contributed by atoms with van der Waals surface area (Å²) in [4.78, 5) is 0. The average molecular weight is 217 g/mol. The summed E-state index contributed by atoms with van der Waals surface area (Å²) in [6.07, 6.45) is 3.30. The van der Waals surface area contributed by atoms with E-state index in [1.54, 1.807) is 0 Å². The predicted octanol–water partition coefficient (Wildman–Crippen LogP) is 2.07. The number of ether oxygens (including phenoxy) is 1. The molecular formula is C12H27NO2. The summed E-state index contributed by atoms with van der Waals surface area (Å²) < 4.78 is 5.71. The highest BCUT2D eigenvalue weighted by molar-refractivity contribution is 4.77.